The predicted octanol–water partition coefficient (Wildman–Crippen LogP) is 2.32. The Morgan fingerprint density at radius 1 is 1.24 bits per heavy atom. The molecule has 0 saturated carbocycles. The molecule has 1 N–H and O–H groups in total. The van der Waals surface area contributed by atoms with Crippen LogP contribution in [0, 0.1) is 0 Å². The second-order valence-electron chi connectivity index (χ2n) is 3.31. The Balaban J connectivity index is 2.54. The maximum Gasteiger partial charge on any atom is 0.273 e. The maximum absolute atomic E-state index is 9.33. The van der Waals surface area contributed by atoms with Crippen molar-refractivity contribution in [1.29, 1.82) is 0 Å². The Hall–Kier alpha value is -1.59. The Labute approximate surface area is 103 Å². The van der Waals surface area contributed by atoms with E-state index in [-0.39, 0.29) is 6.61 Å². The second kappa shape index (κ2) is 5.16. The van der Waals surface area contributed by atoms with Crippen LogP contribution in [0.3, 0.4) is 0 Å². The fourth-order valence-electron chi connectivity index (χ4n) is 1.58. The quantitative estimate of drug-likeness (QED) is 0.906. The van der Waals surface area contributed by atoms with Crippen molar-refractivity contribution in [2.24, 2.45) is 0 Å². The molecule has 0 atom stereocenters. The number of aliphatic hydroxyl groups is 1. The van der Waals surface area contributed by atoms with Gasteiger partial charge in [0, 0.05) is 5.56 Å². The van der Waals surface area contributed by atoms with Crippen molar-refractivity contribution >= 4 is 11.3 Å². The van der Waals surface area contributed by atoms with Gasteiger partial charge in [0.25, 0.3) is 5.19 Å². The van der Waals surface area contributed by atoms with Crippen LogP contribution in [0.5, 0.6) is 10.9 Å². The van der Waals surface area contributed by atoms with E-state index in [1.54, 1.807) is 14.2 Å². The highest BCUT2D eigenvalue weighted by Gasteiger charge is 2.15. The summed E-state index contributed by atoms with van der Waals surface area (Å²) in [4.78, 5) is 5.10. The lowest BCUT2D eigenvalue weighted by Crippen LogP contribution is -1.90. The molecule has 5 heteroatoms. The molecule has 1 heterocycles. The normalized spacial score (nSPS) is 10.3. The Morgan fingerprint density at radius 3 is 2.65 bits per heavy atom. The number of ether oxygens (including phenoxy) is 2. The van der Waals surface area contributed by atoms with Gasteiger partial charge in [-0.2, -0.15) is 0 Å². The molecule has 2 rings (SSSR count). The van der Waals surface area contributed by atoms with Crippen molar-refractivity contribution in [2.75, 3.05) is 14.2 Å². The molecule has 0 spiro atoms. The van der Waals surface area contributed by atoms with Gasteiger partial charge in [-0.1, -0.05) is 23.5 Å². The summed E-state index contributed by atoms with van der Waals surface area (Å²) in [6.45, 7) is -0.0611. The molecule has 0 saturated heterocycles. The third kappa shape index (κ3) is 2.25. The van der Waals surface area contributed by atoms with Crippen molar-refractivity contribution in [3.63, 3.8) is 0 Å². The van der Waals surface area contributed by atoms with Crippen molar-refractivity contribution in [2.45, 2.75) is 6.61 Å². The van der Waals surface area contributed by atoms with Gasteiger partial charge in [-0.05, 0) is 12.1 Å². The van der Waals surface area contributed by atoms with Crippen LogP contribution >= 0.6 is 11.3 Å². The number of methoxy groups -OCH3 is 2. The number of thiazole rings is 1. The summed E-state index contributed by atoms with van der Waals surface area (Å²) < 4.78 is 10.4. The van der Waals surface area contributed by atoms with Crippen LogP contribution in [0.2, 0.25) is 0 Å². The molecule has 1 aromatic heterocycles. The zero-order valence-electron chi connectivity index (χ0n) is 9.64. The topological polar surface area (TPSA) is 51.6 Å². The lowest BCUT2D eigenvalue weighted by Gasteiger charge is -2.06. The van der Waals surface area contributed by atoms with Gasteiger partial charge in [-0.25, -0.2) is 4.98 Å². The highest BCUT2D eigenvalue weighted by molar-refractivity contribution is 7.13. The van der Waals surface area contributed by atoms with Crippen LogP contribution < -0.4 is 9.47 Å². The zero-order valence-corrected chi connectivity index (χ0v) is 10.5. The molecule has 4 nitrogen and oxygen atoms in total. The van der Waals surface area contributed by atoms with Crippen LogP contribution in [0.15, 0.2) is 24.3 Å². The fourth-order valence-corrected chi connectivity index (χ4v) is 2.32. The number of rotatable bonds is 4. The molecule has 0 fully saturated rings. The van der Waals surface area contributed by atoms with E-state index in [4.69, 9.17) is 9.47 Å². The highest BCUT2D eigenvalue weighted by atomic mass is 32.1. The molecule has 1 aromatic carbocycles. The summed E-state index contributed by atoms with van der Waals surface area (Å²) in [6.07, 6.45) is 0. The first-order valence-corrected chi connectivity index (χ1v) is 5.89. The van der Waals surface area contributed by atoms with Gasteiger partial charge >= 0.3 is 0 Å². The van der Waals surface area contributed by atoms with Gasteiger partial charge in [-0.3, -0.25) is 0 Å². The fraction of sp³-hybridized carbons (Fsp3) is 0.250. The number of aromatic nitrogens is 1. The first kappa shape index (κ1) is 11.9. The molecule has 17 heavy (non-hydrogen) atoms. The first-order valence-electron chi connectivity index (χ1n) is 5.08. The summed E-state index contributed by atoms with van der Waals surface area (Å²) in [5.74, 6) is 0.732. The molecule has 90 valence electrons. The maximum atomic E-state index is 9.33. The number of para-hydroxylation sites is 1. The van der Waals surface area contributed by atoms with Gasteiger partial charge < -0.3 is 14.6 Å². The average Bonchev–Trinajstić information content (AvgIpc) is 2.81. The summed E-state index contributed by atoms with van der Waals surface area (Å²) in [7, 11) is 3.17. The molecule has 0 radical (unpaired) electrons. The molecule has 0 unspecified atom stereocenters. The molecule has 0 bridgehead atoms. The lowest BCUT2D eigenvalue weighted by atomic mass is 10.1. The van der Waals surface area contributed by atoms with Crippen LogP contribution in [0.1, 0.15) is 4.88 Å². The highest BCUT2D eigenvalue weighted by Crippen LogP contribution is 2.36. The van der Waals surface area contributed by atoms with Gasteiger partial charge in [0.05, 0.1) is 31.4 Å². The van der Waals surface area contributed by atoms with Crippen LogP contribution in [-0.4, -0.2) is 24.3 Å². The Morgan fingerprint density at radius 2 is 2.00 bits per heavy atom. The van der Waals surface area contributed by atoms with E-state index in [0.717, 1.165) is 16.2 Å². The summed E-state index contributed by atoms with van der Waals surface area (Å²) in [5, 5.41) is 9.86. The largest absolute Gasteiger partial charge is 0.496 e. The van der Waals surface area contributed by atoms with E-state index in [9.17, 15) is 5.11 Å². The third-order valence-corrected chi connectivity index (χ3v) is 3.36. The summed E-state index contributed by atoms with van der Waals surface area (Å²) in [6, 6.07) is 7.57. The third-order valence-electron chi connectivity index (χ3n) is 2.36. The van der Waals surface area contributed by atoms with Gasteiger partial charge in [-0.15, -0.1) is 0 Å². The SMILES string of the molecule is COc1nc(-c2ccccc2OC)c(CO)s1. The Kier molecular flexibility index (Phi) is 3.61. The van der Waals surface area contributed by atoms with Gasteiger partial charge in [0.15, 0.2) is 0 Å². The van der Waals surface area contributed by atoms with Crippen LogP contribution in [0.4, 0.5) is 0 Å². The molecular weight excluding hydrogens is 238 g/mol. The van der Waals surface area contributed by atoms with Crippen molar-refractivity contribution < 1.29 is 14.6 Å². The smallest absolute Gasteiger partial charge is 0.273 e. The molecular formula is C12H13NO3S. The van der Waals surface area contributed by atoms with E-state index in [0.29, 0.717) is 10.9 Å². The first-order chi connectivity index (χ1) is 8.30. The minimum atomic E-state index is -0.0611. The second-order valence-corrected chi connectivity index (χ2v) is 4.36. The van der Waals surface area contributed by atoms with Gasteiger partial charge in [0.1, 0.15) is 5.75 Å². The van der Waals surface area contributed by atoms with E-state index in [1.807, 2.05) is 24.3 Å². The number of hydrogen-bond acceptors (Lipinski definition) is 5. The minimum Gasteiger partial charge on any atom is -0.496 e. The monoisotopic (exact) mass is 251 g/mol. The lowest BCUT2D eigenvalue weighted by molar-refractivity contribution is 0.286. The number of nitrogens with zero attached hydrogens (tertiary/aromatic N) is 1. The zero-order chi connectivity index (χ0) is 12.3. The summed E-state index contributed by atoms with van der Waals surface area (Å²) >= 11 is 1.33. The van der Waals surface area contributed by atoms with E-state index >= 15 is 0 Å². The van der Waals surface area contributed by atoms with Crippen molar-refractivity contribution in [3.8, 4) is 22.2 Å². The number of aliphatic hydroxyl groups excluding tert-OH is 1. The molecule has 0 aliphatic heterocycles. The van der Waals surface area contributed by atoms with Crippen molar-refractivity contribution in [1.82, 2.24) is 4.98 Å². The van der Waals surface area contributed by atoms with Crippen molar-refractivity contribution in [3.05, 3.63) is 29.1 Å². The van der Waals surface area contributed by atoms with Crippen LogP contribution in [-0.2, 0) is 6.61 Å². The molecule has 2 aromatic rings. The molecule has 0 aliphatic carbocycles. The minimum absolute atomic E-state index is 0.0611. The van der Waals surface area contributed by atoms with E-state index < -0.39 is 0 Å². The molecule has 0 amide bonds. The van der Waals surface area contributed by atoms with E-state index in [2.05, 4.69) is 4.98 Å². The van der Waals surface area contributed by atoms with E-state index in [1.165, 1.54) is 11.3 Å². The number of hydrogen-bond donors (Lipinski definition) is 1. The molecule has 0 aliphatic rings. The summed E-state index contributed by atoms with van der Waals surface area (Å²) in [5.41, 5.74) is 1.57. The number of benzene rings is 1. The Bertz CT molecular complexity index is 510. The average molecular weight is 251 g/mol. The predicted molar refractivity (Wildman–Crippen MR) is 66.6 cm³/mol. The van der Waals surface area contributed by atoms with Crippen LogP contribution in [0.25, 0.3) is 11.3 Å². The van der Waals surface area contributed by atoms with Gasteiger partial charge in [0.2, 0.25) is 0 Å². The standard InChI is InChI=1S/C12H13NO3S/c1-15-9-6-4-3-5-8(9)11-10(7-14)17-12(13-11)16-2/h3-6,14H,7H2,1-2H3.